The number of carboxylic acids is 1. The van der Waals surface area contributed by atoms with E-state index in [1.165, 1.54) is 34.6 Å². The van der Waals surface area contributed by atoms with Gasteiger partial charge in [0.05, 0.1) is 11.3 Å². The summed E-state index contributed by atoms with van der Waals surface area (Å²) >= 11 is 1.45. The zero-order valence-electron chi connectivity index (χ0n) is 11.9. The molecule has 0 radical (unpaired) electrons. The molecule has 1 N–H and O–H groups in total. The highest BCUT2D eigenvalue weighted by molar-refractivity contribution is 7.99. The van der Waals surface area contributed by atoms with Crippen molar-refractivity contribution >= 4 is 17.7 Å². The van der Waals surface area contributed by atoms with E-state index in [4.69, 9.17) is 5.11 Å². The first-order valence-corrected chi connectivity index (χ1v) is 7.62. The maximum absolute atomic E-state index is 12.0. The predicted octanol–water partition coefficient (Wildman–Crippen LogP) is 3.08. The first kappa shape index (κ1) is 15.1. The Morgan fingerprint density at radius 2 is 1.65 bits per heavy atom. The maximum atomic E-state index is 12.0. The van der Waals surface area contributed by atoms with E-state index in [1.54, 1.807) is 18.2 Å². The fraction of sp³-hybridized carbons (Fsp3) is 0. The first-order chi connectivity index (χ1) is 11.1. The normalized spacial score (nSPS) is 10.4. The standard InChI is InChI=1S/C17H12N2O3S/c20-16-11-10-15(23-14-4-2-1-3-5-14)18-19(16)13-8-6-12(7-9-13)17(21)22/h1-11H,(H,21,22). The number of hydrogen-bond donors (Lipinski definition) is 1. The number of carboxylic acid groups (broad SMARTS) is 1. The SMILES string of the molecule is O=C(O)c1ccc(-n2nc(Sc3ccccc3)ccc2=O)cc1. The van der Waals surface area contributed by atoms with Gasteiger partial charge >= 0.3 is 5.97 Å². The third kappa shape index (κ3) is 3.49. The minimum Gasteiger partial charge on any atom is -0.478 e. The van der Waals surface area contributed by atoms with Crippen molar-refractivity contribution < 1.29 is 9.90 Å². The summed E-state index contributed by atoms with van der Waals surface area (Å²) in [5.74, 6) is -1.01. The van der Waals surface area contributed by atoms with E-state index in [9.17, 15) is 9.59 Å². The third-order valence-electron chi connectivity index (χ3n) is 3.10. The van der Waals surface area contributed by atoms with Gasteiger partial charge in [-0.3, -0.25) is 4.79 Å². The molecular formula is C17H12N2O3S. The monoisotopic (exact) mass is 324 g/mol. The molecule has 0 aliphatic rings. The summed E-state index contributed by atoms with van der Waals surface area (Å²) in [5, 5.41) is 13.9. The van der Waals surface area contributed by atoms with Gasteiger partial charge in [0.15, 0.2) is 0 Å². The van der Waals surface area contributed by atoms with Gasteiger partial charge in [-0.25, -0.2) is 4.79 Å². The average Bonchev–Trinajstić information content (AvgIpc) is 2.58. The molecule has 3 rings (SSSR count). The molecule has 114 valence electrons. The minimum atomic E-state index is -1.01. The Labute approximate surface area is 136 Å². The Morgan fingerprint density at radius 3 is 2.30 bits per heavy atom. The van der Waals surface area contributed by atoms with Gasteiger partial charge in [0, 0.05) is 11.0 Å². The van der Waals surface area contributed by atoms with Crippen molar-refractivity contribution in [2.75, 3.05) is 0 Å². The van der Waals surface area contributed by atoms with E-state index >= 15 is 0 Å². The number of aromatic carboxylic acids is 1. The van der Waals surface area contributed by atoms with Gasteiger partial charge in [-0.15, -0.1) is 0 Å². The van der Waals surface area contributed by atoms with Crippen LogP contribution in [0.1, 0.15) is 10.4 Å². The second-order valence-corrected chi connectivity index (χ2v) is 5.78. The summed E-state index contributed by atoms with van der Waals surface area (Å²) in [6.07, 6.45) is 0. The fourth-order valence-corrected chi connectivity index (χ4v) is 2.78. The number of hydrogen-bond acceptors (Lipinski definition) is 4. The highest BCUT2D eigenvalue weighted by Crippen LogP contribution is 2.24. The summed E-state index contributed by atoms with van der Waals surface area (Å²) in [6, 6.07) is 18.9. The molecule has 0 saturated heterocycles. The molecule has 0 atom stereocenters. The van der Waals surface area contributed by atoms with Crippen molar-refractivity contribution in [2.45, 2.75) is 9.92 Å². The van der Waals surface area contributed by atoms with E-state index in [0.717, 1.165) is 4.90 Å². The molecule has 0 amide bonds. The quantitative estimate of drug-likeness (QED) is 0.798. The van der Waals surface area contributed by atoms with Crippen molar-refractivity contribution in [3.8, 4) is 5.69 Å². The molecule has 0 bridgehead atoms. The number of rotatable bonds is 4. The van der Waals surface area contributed by atoms with Crippen LogP contribution < -0.4 is 5.56 Å². The number of nitrogens with zero attached hydrogens (tertiary/aromatic N) is 2. The molecule has 1 aromatic heterocycles. The molecule has 6 heteroatoms. The summed E-state index contributed by atoms with van der Waals surface area (Å²) in [7, 11) is 0. The lowest BCUT2D eigenvalue weighted by molar-refractivity contribution is 0.0697. The lowest BCUT2D eigenvalue weighted by atomic mass is 10.2. The van der Waals surface area contributed by atoms with Crippen molar-refractivity contribution in [1.82, 2.24) is 9.78 Å². The molecular weight excluding hydrogens is 312 g/mol. The predicted molar refractivity (Wildman–Crippen MR) is 87.4 cm³/mol. The Bertz CT molecular complexity index is 890. The van der Waals surface area contributed by atoms with E-state index in [2.05, 4.69) is 5.10 Å². The van der Waals surface area contributed by atoms with Crippen LogP contribution in [0.25, 0.3) is 5.69 Å². The van der Waals surface area contributed by atoms with Gasteiger partial charge in [0.1, 0.15) is 5.03 Å². The molecule has 5 nitrogen and oxygen atoms in total. The average molecular weight is 324 g/mol. The summed E-state index contributed by atoms with van der Waals surface area (Å²) in [6.45, 7) is 0. The molecule has 0 saturated carbocycles. The summed E-state index contributed by atoms with van der Waals surface area (Å²) < 4.78 is 1.26. The van der Waals surface area contributed by atoms with Crippen LogP contribution in [0.5, 0.6) is 0 Å². The van der Waals surface area contributed by atoms with Gasteiger partial charge in [-0.1, -0.05) is 30.0 Å². The van der Waals surface area contributed by atoms with Gasteiger partial charge in [0.2, 0.25) is 0 Å². The zero-order valence-corrected chi connectivity index (χ0v) is 12.7. The molecule has 2 aromatic carbocycles. The van der Waals surface area contributed by atoms with Crippen LogP contribution >= 0.6 is 11.8 Å². The van der Waals surface area contributed by atoms with Gasteiger partial charge in [-0.05, 0) is 42.5 Å². The first-order valence-electron chi connectivity index (χ1n) is 6.80. The van der Waals surface area contributed by atoms with E-state index in [-0.39, 0.29) is 11.1 Å². The molecule has 0 fully saturated rings. The molecule has 0 aliphatic carbocycles. The Kier molecular flexibility index (Phi) is 4.25. The molecule has 3 aromatic rings. The fourth-order valence-electron chi connectivity index (χ4n) is 1.99. The van der Waals surface area contributed by atoms with E-state index < -0.39 is 5.97 Å². The molecule has 0 unspecified atom stereocenters. The van der Waals surface area contributed by atoms with Crippen molar-refractivity contribution in [3.05, 3.63) is 82.6 Å². The highest BCUT2D eigenvalue weighted by Gasteiger charge is 2.07. The zero-order chi connectivity index (χ0) is 16.2. The van der Waals surface area contributed by atoms with Gasteiger partial charge in [-0.2, -0.15) is 9.78 Å². The van der Waals surface area contributed by atoms with Crippen LogP contribution in [-0.4, -0.2) is 20.9 Å². The Hall–Kier alpha value is -2.86. The van der Waals surface area contributed by atoms with Crippen molar-refractivity contribution in [2.24, 2.45) is 0 Å². The molecule has 23 heavy (non-hydrogen) atoms. The minimum absolute atomic E-state index is 0.164. The second-order valence-electron chi connectivity index (χ2n) is 4.69. The Balaban J connectivity index is 1.94. The van der Waals surface area contributed by atoms with Gasteiger partial charge < -0.3 is 5.11 Å². The lowest BCUT2D eigenvalue weighted by Gasteiger charge is -2.07. The maximum Gasteiger partial charge on any atom is 0.335 e. The van der Waals surface area contributed by atoms with Crippen LogP contribution in [0.3, 0.4) is 0 Å². The van der Waals surface area contributed by atoms with E-state index in [0.29, 0.717) is 10.7 Å². The summed E-state index contributed by atoms with van der Waals surface area (Å²) in [5.41, 5.74) is 0.414. The van der Waals surface area contributed by atoms with Crippen LogP contribution in [0.2, 0.25) is 0 Å². The lowest BCUT2D eigenvalue weighted by Crippen LogP contribution is -2.20. The van der Waals surface area contributed by atoms with E-state index in [1.807, 2.05) is 30.3 Å². The third-order valence-corrected chi connectivity index (χ3v) is 4.03. The van der Waals surface area contributed by atoms with Crippen LogP contribution in [0.4, 0.5) is 0 Å². The summed E-state index contributed by atoms with van der Waals surface area (Å²) in [4.78, 5) is 23.9. The number of aromatic nitrogens is 2. The molecule has 0 spiro atoms. The Morgan fingerprint density at radius 1 is 0.957 bits per heavy atom. The number of benzene rings is 2. The van der Waals surface area contributed by atoms with Crippen molar-refractivity contribution in [3.63, 3.8) is 0 Å². The smallest absolute Gasteiger partial charge is 0.335 e. The second kappa shape index (κ2) is 6.50. The van der Waals surface area contributed by atoms with Gasteiger partial charge in [0.25, 0.3) is 5.56 Å². The number of carbonyl (C=O) groups is 1. The van der Waals surface area contributed by atoms with Crippen LogP contribution in [0, 0.1) is 0 Å². The van der Waals surface area contributed by atoms with Crippen LogP contribution in [0.15, 0.2) is 81.4 Å². The highest BCUT2D eigenvalue weighted by atomic mass is 32.2. The van der Waals surface area contributed by atoms with Crippen LogP contribution in [-0.2, 0) is 0 Å². The molecule has 0 aliphatic heterocycles. The van der Waals surface area contributed by atoms with Crippen molar-refractivity contribution in [1.29, 1.82) is 0 Å². The molecule has 1 heterocycles. The largest absolute Gasteiger partial charge is 0.478 e. The topological polar surface area (TPSA) is 72.2 Å².